The van der Waals surface area contributed by atoms with E-state index in [1.807, 2.05) is 25.1 Å². The highest BCUT2D eigenvalue weighted by Gasteiger charge is 2.06. The van der Waals surface area contributed by atoms with Crippen LogP contribution < -0.4 is 5.73 Å². The molecule has 1 aromatic rings. The molecule has 0 radical (unpaired) electrons. The minimum atomic E-state index is 0.250. The summed E-state index contributed by atoms with van der Waals surface area (Å²) >= 11 is 0. The molecule has 0 unspecified atom stereocenters. The summed E-state index contributed by atoms with van der Waals surface area (Å²) in [6.45, 7) is 4.82. The first-order chi connectivity index (χ1) is 7.65. The summed E-state index contributed by atoms with van der Waals surface area (Å²) < 4.78 is 0. The Balaban J connectivity index is 2.50. The van der Waals surface area contributed by atoms with Crippen molar-refractivity contribution >= 4 is 5.78 Å². The number of aryl methyl sites for hydroxylation is 2. The van der Waals surface area contributed by atoms with Gasteiger partial charge in [-0.05, 0) is 50.4 Å². The molecule has 1 rings (SSSR count). The van der Waals surface area contributed by atoms with Crippen molar-refractivity contribution in [1.29, 1.82) is 0 Å². The first-order valence-corrected chi connectivity index (χ1v) is 5.95. The Kier molecular flexibility index (Phi) is 5.20. The molecular formula is C14H21NO. The Labute approximate surface area is 97.9 Å². The molecule has 0 aliphatic heterocycles. The van der Waals surface area contributed by atoms with Crippen LogP contribution in [0.2, 0.25) is 0 Å². The number of benzene rings is 1. The van der Waals surface area contributed by atoms with Gasteiger partial charge in [0.05, 0.1) is 0 Å². The van der Waals surface area contributed by atoms with E-state index in [-0.39, 0.29) is 5.78 Å². The summed E-state index contributed by atoms with van der Waals surface area (Å²) in [7, 11) is 0. The van der Waals surface area contributed by atoms with Crippen molar-refractivity contribution in [3.8, 4) is 0 Å². The first kappa shape index (κ1) is 12.9. The van der Waals surface area contributed by atoms with E-state index >= 15 is 0 Å². The van der Waals surface area contributed by atoms with E-state index in [2.05, 4.69) is 6.92 Å². The lowest BCUT2D eigenvalue weighted by Crippen LogP contribution is -2.02. The van der Waals surface area contributed by atoms with Gasteiger partial charge < -0.3 is 5.73 Å². The average molecular weight is 219 g/mol. The van der Waals surface area contributed by atoms with Crippen molar-refractivity contribution < 1.29 is 4.79 Å². The van der Waals surface area contributed by atoms with E-state index in [0.717, 1.165) is 31.4 Å². The van der Waals surface area contributed by atoms with Crippen molar-refractivity contribution in [2.75, 3.05) is 6.54 Å². The van der Waals surface area contributed by atoms with Crippen molar-refractivity contribution in [1.82, 2.24) is 0 Å². The van der Waals surface area contributed by atoms with Crippen molar-refractivity contribution in [2.45, 2.75) is 39.5 Å². The number of carbonyl (C=O) groups excluding carboxylic acids is 1. The van der Waals surface area contributed by atoms with Gasteiger partial charge in [-0.1, -0.05) is 18.6 Å². The summed E-state index contributed by atoms with van der Waals surface area (Å²) in [5.74, 6) is 0.250. The van der Waals surface area contributed by atoms with Crippen LogP contribution in [0.25, 0.3) is 0 Å². The molecular weight excluding hydrogens is 198 g/mol. The number of carbonyl (C=O) groups is 1. The van der Waals surface area contributed by atoms with Crippen molar-refractivity contribution in [3.63, 3.8) is 0 Å². The predicted octanol–water partition coefficient (Wildman–Crippen LogP) is 3.01. The van der Waals surface area contributed by atoms with Gasteiger partial charge in [0.25, 0.3) is 0 Å². The highest BCUT2D eigenvalue weighted by molar-refractivity contribution is 5.96. The largest absolute Gasteiger partial charge is 0.330 e. The lowest BCUT2D eigenvalue weighted by Gasteiger charge is -2.04. The fourth-order valence-corrected chi connectivity index (χ4v) is 1.67. The molecule has 0 aliphatic carbocycles. The Morgan fingerprint density at radius 1 is 1.12 bits per heavy atom. The average Bonchev–Trinajstić information content (AvgIpc) is 2.28. The van der Waals surface area contributed by atoms with Crippen LogP contribution in [0.15, 0.2) is 18.2 Å². The van der Waals surface area contributed by atoms with Crippen LogP contribution in [-0.2, 0) is 0 Å². The number of Topliss-reactive ketones (excluding diaryl/α,β-unsaturated/α-hetero) is 1. The SMILES string of the molecule is Cc1ccc(C(=O)CCCCCN)cc1C. The molecule has 0 spiro atoms. The zero-order valence-corrected chi connectivity index (χ0v) is 10.3. The molecule has 1 aromatic carbocycles. The number of hydrogen-bond donors (Lipinski definition) is 1. The van der Waals surface area contributed by atoms with E-state index in [0.29, 0.717) is 6.42 Å². The standard InChI is InChI=1S/C14H21NO/c1-11-7-8-13(10-12(11)2)14(16)6-4-3-5-9-15/h7-8,10H,3-6,9,15H2,1-2H3. The molecule has 0 heterocycles. The van der Waals surface area contributed by atoms with Gasteiger partial charge in [0.1, 0.15) is 0 Å². The molecule has 88 valence electrons. The van der Waals surface area contributed by atoms with E-state index in [4.69, 9.17) is 5.73 Å². The molecule has 2 N–H and O–H groups in total. The number of nitrogens with two attached hydrogens (primary N) is 1. The normalized spacial score (nSPS) is 10.4. The predicted molar refractivity (Wildman–Crippen MR) is 67.8 cm³/mol. The zero-order chi connectivity index (χ0) is 12.0. The van der Waals surface area contributed by atoms with E-state index in [9.17, 15) is 4.79 Å². The van der Waals surface area contributed by atoms with Gasteiger partial charge in [-0.15, -0.1) is 0 Å². The third-order valence-electron chi connectivity index (χ3n) is 2.94. The van der Waals surface area contributed by atoms with Gasteiger partial charge in [-0.25, -0.2) is 0 Å². The molecule has 0 saturated carbocycles. The van der Waals surface area contributed by atoms with Gasteiger partial charge in [0.15, 0.2) is 5.78 Å². The summed E-state index contributed by atoms with van der Waals surface area (Å²) in [6.07, 6.45) is 3.65. The maximum Gasteiger partial charge on any atom is 0.162 e. The lowest BCUT2D eigenvalue weighted by molar-refractivity contribution is 0.0979. The number of unbranched alkanes of at least 4 members (excludes halogenated alkanes) is 2. The molecule has 16 heavy (non-hydrogen) atoms. The maximum atomic E-state index is 11.8. The Hall–Kier alpha value is -1.15. The molecule has 0 fully saturated rings. The molecule has 2 nitrogen and oxygen atoms in total. The second kappa shape index (κ2) is 6.44. The monoisotopic (exact) mass is 219 g/mol. The summed E-state index contributed by atoms with van der Waals surface area (Å²) in [5.41, 5.74) is 8.68. The van der Waals surface area contributed by atoms with Gasteiger partial charge in [0.2, 0.25) is 0 Å². The summed E-state index contributed by atoms with van der Waals surface area (Å²) in [6, 6.07) is 5.93. The van der Waals surface area contributed by atoms with Crippen LogP contribution in [0.3, 0.4) is 0 Å². The van der Waals surface area contributed by atoms with E-state index in [1.165, 1.54) is 11.1 Å². The van der Waals surface area contributed by atoms with Gasteiger partial charge >= 0.3 is 0 Å². The fraction of sp³-hybridized carbons (Fsp3) is 0.500. The number of hydrogen-bond acceptors (Lipinski definition) is 2. The molecule has 0 aliphatic rings. The van der Waals surface area contributed by atoms with Crippen molar-refractivity contribution in [2.24, 2.45) is 5.73 Å². The quantitative estimate of drug-likeness (QED) is 0.590. The molecule has 0 saturated heterocycles. The van der Waals surface area contributed by atoms with Crippen LogP contribution in [0, 0.1) is 13.8 Å². The molecule has 0 bridgehead atoms. The van der Waals surface area contributed by atoms with Gasteiger partial charge in [-0.2, -0.15) is 0 Å². The second-order valence-electron chi connectivity index (χ2n) is 4.32. The molecule has 0 atom stereocenters. The zero-order valence-electron chi connectivity index (χ0n) is 10.3. The van der Waals surface area contributed by atoms with E-state index < -0.39 is 0 Å². The minimum Gasteiger partial charge on any atom is -0.330 e. The molecule has 0 aromatic heterocycles. The third kappa shape index (κ3) is 3.78. The van der Waals surface area contributed by atoms with Crippen LogP contribution in [-0.4, -0.2) is 12.3 Å². The minimum absolute atomic E-state index is 0.250. The Morgan fingerprint density at radius 2 is 1.88 bits per heavy atom. The number of ketones is 1. The highest BCUT2D eigenvalue weighted by Crippen LogP contribution is 2.13. The topological polar surface area (TPSA) is 43.1 Å². The second-order valence-corrected chi connectivity index (χ2v) is 4.32. The maximum absolute atomic E-state index is 11.8. The molecule has 2 heteroatoms. The van der Waals surface area contributed by atoms with Gasteiger partial charge in [0, 0.05) is 12.0 Å². The van der Waals surface area contributed by atoms with Crippen LogP contribution in [0.5, 0.6) is 0 Å². The summed E-state index contributed by atoms with van der Waals surface area (Å²) in [5, 5.41) is 0. The number of rotatable bonds is 6. The molecule has 0 amide bonds. The third-order valence-corrected chi connectivity index (χ3v) is 2.94. The first-order valence-electron chi connectivity index (χ1n) is 5.95. The van der Waals surface area contributed by atoms with Crippen molar-refractivity contribution in [3.05, 3.63) is 34.9 Å². The van der Waals surface area contributed by atoms with Crippen LogP contribution in [0.4, 0.5) is 0 Å². The fourth-order valence-electron chi connectivity index (χ4n) is 1.67. The lowest BCUT2D eigenvalue weighted by atomic mass is 10.0. The summed E-state index contributed by atoms with van der Waals surface area (Å²) in [4.78, 5) is 11.8. The van der Waals surface area contributed by atoms with E-state index in [1.54, 1.807) is 0 Å². The highest BCUT2D eigenvalue weighted by atomic mass is 16.1. The van der Waals surface area contributed by atoms with Crippen LogP contribution in [0.1, 0.15) is 47.2 Å². The Morgan fingerprint density at radius 3 is 2.50 bits per heavy atom. The van der Waals surface area contributed by atoms with Crippen LogP contribution >= 0.6 is 0 Å². The van der Waals surface area contributed by atoms with Gasteiger partial charge in [-0.3, -0.25) is 4.79 Å². The Bertz CT molecular complexity index is 358. The smallest absolute Gasteiger partial charge is 0.162 e.